The highest BCUT2D eigenvalue weighted by atomic mass is 16.3. The van der Waals surface area contributed by atoms with E-state index in [2.05, 4.69) is 32.7 Å². The highest BCUT2D eigenvalue weighted by molar-refractivity contribution is 5.84. The van der Waals surface area contributed by atoms with Crippen molar-refractivity contribution >= 4 is 22.9 Å². The largest absolute Gasteiger partial charge is 0.507 e. The lowest BCUT2D eigenvalue weighted by atomic mass is 9.93. The van der Waals surface area contributed by atoms with E-state index in [0.717, 1.165) is 16.7 Å². The Hall–Kier alpha value is -3.65. The summed E-state index contributed by atoms with van der Waals surface area (Å²) in [6.07, 6.45) is 1.77. The van der Waals surface area contributed by atoms with Gasteiger partial charge in [-0.05, 0) is 31.9 Å². The predicted octanol–water partition coefficient (Wildman–Crippen LogP) is 4.32. The molecule has 0 aliphatic heterocycles. The Labute approximate surface area is 199 Å². The number of phenols is 1. The third-order valence-electron chi connectivity index (χ3n) is 6.20. The number of phenolic OH excluding ortho intramolecular Hbond substituents is 1. The minimum atomic E-state index is -0.823. The van der Waals surface area contributed by atoms with E-state index >= 15 is 0 Å². The number of aliphatic hydroxyl groups is 1. The first-order valence-corrected chi connectivity index (χ1v) is 11.5. The number of anilines is 2. The van der Waals surface area contributed by atoms with Crippen molar-refractivity contribution in [2.45, 2.75) is 46.4 Å². The fraction of sp³-hybridized carbons (Fsp3) is 0.346. The molecule has 2 aromatic carbocycles. The van der Waals surface area contributed by atoms with Crippen LogP contribution in [0, 0.1) is 12.8 Å². The minimum absolute atomic E-state index is 0.0123. The smallest absolute Gasteiger partial charge is 0.226 e. The average Bonchev–Trinajstić information content (AvgIpc) is 3.21. The molecule has 8 nitrogen and oxygen atoms in total. The van der Waals surface area contributed by atoms with Crippen molar-refractivity contribution in [2.75, 3.05) is 17.2 Å². The van der Waals surface area contributed by atoms with Gasteiger partial charge in [0.05, 0.1) is 18.5 Å². The number of hydrogen-bond acceptors (Lipinski definition) is 7. The summed E-state index contributed by atoms with van der Waals surface area (Å²) in [6, 6.07) is 15.8. The molecule has 1 atom stereocenters. The van der Waals surface area contributed by atoms with Gasteiger partial charge in [-0.15, -0.1) is 0 Å². The maximum atomic E-state index is 10.4. The number of aryl methyl sites for hydroxylation is 1. The standard InChI is InChI=1S/C26H32N6O2/c1-17-9-8-12-20(22(17)33)14-27-23-21-24(31-25(30-23)28-13-18(2)26(3,4)34)32(16-29-21)15-19-10-6-5-7-11-19/h5-12,16,18,33-34H,13-15H2,1-4H3,(H2,27,28,30,31). The second kappa shape index (κ2) is 9.69. The van der Waals surface area contributed by atoms with E-state index in [0.29, 0.717) is 42.6 Å². The van der Waals surface area contributed by atoms with Crippen LogP contribution in [0.5, 0.6) is 5.75 Å². The van der Waals surface area contributed by atoms with E-state index in [-0.39, 0.29) is 11.7 Å². The first kappa shape index (κ1) is 23.5. The van der Waals surface area contributed by atoms with Gasteiger partial charge in [0.15, 0.2) is 17.0 Å². The van der Waals surface area contributed by atoms with E-state index in [1.807, 2.05) is 54.8 Å². The van der Waals surface area contributed by atoms with Crippen molar-refractivity contribution in [2.24, 2.45) is 5.92 Å². The van der Waals surface area contributed by atoms with E-state index < -0.39 is 5.60 Å². The molecule has 4 aromatic rings. The molecule has 0 bridgehead atoms. The summed E-state index contributed by atoms with van der Waals surface area (Å²) in [5.41, 5.74) is 3.28. The van der Waals surface area contributed by atoms with Crippen molar-refractivity contribution in [1.82, 2.24) is 19.5 Å². The maximum absolute atomic E-state index is 10.4. The van der Waals surface area contributed by atoms with Gasteiger partial charge in [-0.2, -0.15) is 9.97 Å². The van der Waals surface area contributed by atoms with Gasteiger partial charge in [-0.3, -0.25) is 0 Å². The molecule has 0 saturated heterocycles. The molecule has 8 heteroatoms. The summed E-state index contributed by atoms with van der Waals surface area (Å²) < 4.78 is 1.99. The summed E-state index contributed by atoms with van der Waals surface area (Å²) in [7, 11) is 0. The Balaban J connectivity index is 1.66. The van der Waals surface area contributed by atoms with Gasteiger partial charge in [0.1, 0.15) is 5.75 Å². The number of nitrogens with zero attached hydrogens (tertiary/aromatic N) is 4. The lowest BCUT2D eigenvalue weighted by Gasteiger charge is -2.26. The Morgan fingerprint density at radius 2 is 1.79 bits per heavy atom. The molecular weight excluding hydrogens is 428 g/mol. The summed E-state index contributed by atoms with van der Waals surface area (Å²) >= 11 is 0. The van der Waals surface area contributed by atoms with Crippen LogP contribution in [0.25, 0.3) is 11.2 Å². The second-order valence-electron chi connectivity index (χ2n) is 9.30. The molecule has 34 heavy (non-hydrogen) atoms. The monoisotopic (exact) mass is 460 g/mol. The minimum Gasteiger partial charge on any atom is -0.507 e. The number of aromatic nitrogens is 4. The zero-order valence-corrected chi connectivity index (χ0v) is 20.1. The average molecular weight is 461 g/mol. The molecular formula is C26H32N6O2. The number of fused-ring (bicyclic) bond motifs is 1. The maximum Gasteiger partial charge on any atom is 0.226 e. The molecule has 0 aliphatic rings. The predicted molar refractivity (Wildman–Crippen MR) is 135 cm³/mol. The van der Waals surface area contributed by atoms with Crippen molar-refractivity contribution < 1.29 is 10.2 Å². The van der Waals surface area contributed by atoms with Crippen LogP contribution in [0.3, 0.4) is 0 Å². The number of benzene rings is 2. The number of rotatable bonds is 9. The van der Waals surface area contributed by atoms with Gasteiger partial charge in [0.25, 0.3) is 0 Å². The SMILES string of the molecule is Cc1cccc(CNc2nc(NCC(C)C(C)(C)O)nc3c2ncn3Cc2ccccc2)c1O. The Kier molecular flexibility index (Phi) is 6.70. The fourth-order valence-electron chi connectivity index (χ4n) is 3.58. The Morgan fingerprint density at radius 1 is 1.03 bits per heavy atom. The summed E-state index contributed by atoms with van der Waals surface area (Å²) in [6.45, 7) is 8.97. The molecule has 0 spiro atoms. The highest BCUT2D eigenvalue weighted by Crippen LogP contribution is 2.26. The van der Waals surface area contributed by atoms with Gasteiger partial charge in [-0.1, -0.05) is 55.5 Å². The lowest BCUT2D eigenvalue weighted by Crippen LogP contribution is -2.33. The normalized spacial score (nSPS) is 12.6. The van der Waals surface area contributed by atoms with E-state index in [4.69, 9.17) is 4.98 Å². The fourth-order valence-corrected chi connectivity index (χ4v) is 3.58. The van der Waals surface area contributed by atoms with Gasteiger partial charge >= 0.3 is 0 Å². The van der Waals surface area contributed by atoms with Gasteiger partial charge in [0, 0.05) is 24.6 Å². The molecule has 0 aliphatic carbocycles. The molecule has 2 heterocycles. The number of para-hydroxylation sites is 1. The van der Waals surface area contributed by atoms with Gasteiger partial charge in [0.2, 0.25) is 5.95 Å². The molecule has 1 unspecified atom stereocenters. The summed E-state index contributed by atoms with van der Waals surface area (Å²) in [5, 5.41) is 27.3. The molecule has 0 fully saturated rings. The Bertz CT molecular complexity index is 1260. The van der Waals surface area contributed by atoms with Crippen LogP contribution < -0.4 is 10.6 Å². The first-order chi connectivity index (χ1) is 16.2. The van der Waals surface area contributed by atoms with Crippen LogP contribution >= 0.6 is 0 Å². The van der Waals surface area contributed by atoms with Crippen molar-refractivity contribution in [3.63, 3.8) is 0 Å². The molecule has 0 saturated carbocycles. The number of imidazole rings is 1. The van der Waals surface area contributed by atoms with Crippen molar-refractivity contribution in [3.05, 3.63) is 71.5 Å². The highest BCUT2D eigenvalue weighted by Gasteiger charge is 2.22. The van der Waals surface area contributed by atoms with Crippen molar-refractivity contribution in [1.29, 1.82) is 0 Å². The topological polar surface area (TPSA) is 108 Å². The van der Waals surface area contributed by atoms with E-state index in [1.165, 1.54) is 0 Å². The molecule has 4 rings (SSSR count). The molecule has 2 aromatic heterocycles. The van der Waals surface area contributed by atoms with Crippen LogP contribution in [0.2, 0.25) is 0 Å². The van der Waals surface area contributed by atoms with Gasteiger partial charge < -0.3 is 25.4 Å². The second-order valence-corrected chi connectivity index (χ2v) is 9.30. The zero-order valence-electron chi connectivity index (χ0n) is 20.1. The van der Waals surface area contributed by atoms with Crippen LogP contribution in [0.15, 0.2) is 54.9 Å². The van der Waals surface area contributed by atoms with Crippen molar-refractivity contribution in [3.8, 4) is 5.75 Å². The number of hydrogen-bond donors (Lipinski definition) is 4. The van der Waals surface area contributed by atoms with Crippen LogP contribution in [-0.2, 0) is 13.1 Å². The quantitative estimate of drug-likeness (QED) is 0.295. The van der Waals surface area contributed by atoms with Crippen LogP contribution in [-0.4, -0.2) is 41.9 Å². The molecule has 4 N–H and O–H groups in total. The molecule has 0 radical (unpaired) electrons. The lowest BCUT2D eigenvalue weighted by molar-refractivity contribution is 0.0303. The Morgan fingerprint density at radius 3 is 2.53 bits per heavy atom. The number of aromatic hydroxyl groups is 1. The summed E-state index contributed by atoms with van der Waals surface area (Å²) in [5.74, 6) is 1.29. The molecule has 0 amide bonds. The van der Waals surface area contributed by atoms with E-state index in [9.17, 15) is 10.2 Å². The van der Waals surface area contributed by atoms with Gasteiger partial charge in [-0.25, -0.2) is 4.98 Å². The third-order valence-corrected chi connectivity index (χ3v) is 6.20. The van der Waals surface area contributed by atoms with E-state index in [1.54, 1.807) is 20.2 Å². The van der Waals surface area contributed by atoms with Crippen LogP contribution in [0.1, 0.15) is 37.5 Å². The molecule has 178 valence electrons. The third kappa shape index (κ3) is 5.28. The number of nitrogens with one attached hydrogen (secondary N) is 2. The zero-order chi connectivity index (χ0) is 24.3. The first-order valence-electron chi connectivity index (χ1n) is 11.5. The van der Waals surface area contributed by atoms with Crippen LogP contribution in [0.4, 0.5) is 11.8 Å². The summed E-state index contributed by atoms with van der Waals surface area (Å²) in [4.78, 5) is 14.0.